The summed E-state index contributed by atoms with van der Waals surface area (Å²) < 4.78 is 8.88. The van der Waals surface area contributed by atoms with Crippen LogP contribution in [0.1, 0.15) is 0 Å². The Morgan fingerprint density at radius 2 is 1.14 bits per heavy atom. The standard InChI is InChI=1S/K.Mn.H3O4P.H/c;;1-5(2,3)4;/h;;(H3,1,2,3,4);. The van der Waals surface area contributed by atoms with Crippen molar-refractivity contribution in [3.63, 3.8) is 0 Å². The van der Waals surface area contributed by atoms with Gasteiger partial charge in [-0.05, 0) is 0 Å². The molecule has 0 heterocycles. The molecule has 0 atom stereocenters. The van der Waals surface area contributed by atoms with Gasteiger partial charge < -0.3 is 14.7 Å². The van der Waals surface area contributed by atoms with Gasteiger partial charge >= 0.3 is 59.2 Å². The Morgan fingerprint density at radius 3 is 1.14 bits per heavy atom. The van der Waals surface area contributed by atoms with Crippen molar-refractivity contribution >= 4 is 59.2 Å². The molecule has 7 heteroatoms. The van der Waals surface area contributed by atoms with Crippen molar-refractivity contribution in [1.29, 1.82) is 0 Å². The first-order chi connectivity index (χ1) is 2.00. The van der Waals surface area contributed by atoms with Crippen LogP contribution in [-0.4, -0.2) is 66.1 Å². The van der Waals surface area contributed by atoms with Gasteiger partial charge in [0, 0.05) is 17.1 Å². The van der Waals surface area contributed by atoms with Crippen LogP contribution in [0.25, 0.3) is 0 Å². The molecule has 0 saturated heterocycles. The van der Waals surface area contributed by atoms with Crippen LogP contribution in [0, 0.1) is 0 Å². The molecule has 0 rings (SSSR count). The Kier molecular flexibility index (Phi) is 14.7. The number of phosphoric acid groups is 1. The van der Waals surface area contributed by atoms with Crippen LogP contribution in [0.3, 0.4) is 0 Å². The summed E-state index contributed by atoms with van der Waals surface area (Å²) in [5, 5.41) is 0. The van der Waals surface area contributed by atoms with Crippen molar-refractivity contribution in [2.24, 2.45) is 0 Å². The van der Waals surface area contributed by atoms with E-state index in [2.05, 4.69) is 0 Å². The van der Waals surface area contributed by atoms with Crippen molar-refractivity contribution in [2.75, 3.05) is 0 Å². The van der Waals surface area contributed by atoms with Crippen molar-refractivity contribution in [1.82, 2.24) is 0 Å². The fourth-order valence-corrected chi connectivity index (χ4v) is 0. The Balaban J connectivity index is -0.0000000800. The van der Waals surface area contributed by atoms with Crippen LogP contribution in [0.2, 0.25) is 0 Å². The summed E-state index contributed by atoms with van der Waals surface area (Å²) in [5.74, 6) is 0. The molecule has 0 aliphatic rings. The summed E-state index contributed by atoms with van der Waals surface area (Å²) in [7, 11) is -4.64. The molecule has 0 aromatic carbocycles. The van der Waals surface area contributed by atoms with Crippen LogP contribution >= 0.6 is 7.82 Å². The van der Waals surface area contributed by atoms with Gasteiger partial charge in [0.1, 0.15) is 0 Å². The molecule has 0 saturated carbocycles. The van der Waals surface area contributed by atoms with Crippen molar-refractivity contribution in [3.05, 3.63) is 0 Å². The van der Waals surface area contributed by atoms with Gasteiger partial charge in [-0.25, -0.2) is 4.57 Å². The molecular weight excluding hydrogens is 189 g/mol. The van der Waals surface area contributed by atoms with E-state index in [0.717, 1.165) is 0 Å². The second-order valence-corrected chi connectivity index (χ2v) is 1.54. The van der Waals surface area contributed by atoms with Gasteiger partial charge in [-0.2, -0.15) is 0 Å². The maximum absolute atomic E-state index is 8.88. The molecular formula is H4KMnO4P. The van der Waals surface area contributed by atoms with Crippen molar-refractivity contribution < 1.29 is 36.3 Å². The Labute approximate surface area is 93.8 Å². The zero-order chi connectivity index (χ0) is 4.50. The van der Waals surface area contributed by atoms with Crippen LogP contribution in [-0.2, 0) is 21.6 Å². The molecule has 0 fully saturated rings. The molecule has 0 spiro atoms. The van der Waals surface area contributed by atoms with E-state index in [4.69, 9.17) is 19.2 Å². The molecule has 3 N–H and O–H groups in total. The van der Waals surface area contributed by atoms with Gasteiger partial charge in [-0.1, -0.05) is 0 Å². The molecule has 0 unspecified atom stereocenters. The summed E-state index contributed by atoms with van der Waals surface area (Å²) in [6.45, 7) is 0. The SMILES string of the molecule is O=P(O)(O)O.[KH].[Mn]. The van der Waals surface area contributed by atoms with Gasteiger partial charge in [0.15, 0.2) is 0 Å². The second-order valence-electron chi connectivity index (χ2n) is 0.513. The third kappa shape index (κ3) is 63.2. The van der Waals surface area contributed by atoms with Gasteiger partial charge in [-0.15, -0.1) is 0 Å². The Bertz CT molecular complexity index is 57.8. The van der Waals surface area contributed by atoms with Crippen LogP contribution in [0.4, 0.5) is 0 Å². The van der Waals surface area contributed by atoms with E-state index >= 15 is 0 Å². The van der Waals surface area contributed by atoms with Gasteiger partial charge in [0.25, 0.3) is 0 Å². The Morgan fingerprint density at radius 1 is 1.14 bits per heavy atom. The van der Waals surface area contributed by atoms with E-state index < -0.39 is 7.82 Å². The molecule has 41 valence electrons. The molecule has 0 aliphatic carbocycles. The average molecular weight is 193 g/mol. The molecule has 0 bridgehead atoms. The summed E-state index contributed by atoms with van der Waals surface area (Å²) >= 11 is 0. The Hall–Kier alpha value is 2.27. The van der Waals surface area contributed by atoms with E-state index in [0.29, 0.717) is 0 Å². The minimum atomic E-state index is -4.64. The molecule has 1 radical (unpaired) electrons. The summed E-state index contributed by atoms with van der Waals surface area (Å²) in [6, 6.07) is 0. The molecule has 0 aromatic rings. The predicted molar refractivity (Wildman–Crippen MR) is 21.4 cm³/mol. The quantitative estimate of drug-likeness (QED) is 0.320. The number of hydrogen-bond acceptors (Lipinski definition) is 1. The molecule has 7 heavy (non-hydrogen) atoms. The molecule has 0 aliphatic heterocycles. The van der Waals surface area contributed by atoms with E-state index in [1.807, 2.05) is 0 Å². The fourth-order valence-electron chi connectivity index (χ4n) is 0. The molecule has 4 nitrogen and oxygen atoms in total. The summed E-state index contributed by atoms with van der Waals surface area (Å²) in [6.07, 6.45) is 0. The molecule has 0 aromatic heterocycles. The summed E-state index contributed by atoms with van der Waals surface area (Å²) in [5.41, 5.74) is 0. The van der Waals surface area contributed by atoms with E-state index in [1.54, 1.807) is 0 Å². The average Bonchev–Trinajstić information content (AvgIpc) is 0.722. The van der Waals surface area contributed by atoms with Crippen LogP contribution < -0.4 is 0 Å². The first-order valence-corrected chi connectivity index (χ1v) is 2.35. The third-order valence-corrected chi connectivity index (χ3v) is 0. The minimum absolute atomic E-state index is 0. The zero-order valence-electron chi connectivity index (χ0n) is 2.58. The smallest absolute Gasteiger partial charge is 0 e. The van der Waals surface area contributed by atoms with Gasteiger partial charge in [0.05, 0.1) is 0 Å². The number of hydrogen-bond donors (Lipinski definition) is 3. The van der Waals surface area contributed by atoms with Crippen LogP contribution in [0.15, 0.2) is 0 Å². The van der Waals surface area contributed by atoms with Crippen molar-refractivity contribution in [2.45, 2.75) is 0 Å². The fraction of sp³-hybridized carbons (Fsp3) is 0. The van der Waals surface area contributed by atoms with E-state index in [-0.39, 0.29) is 68.5 Å². The summed E-state index contributed by atoms with van der Waals surface area (Å²) in [4.78, 5) is 21.6. The topological polar surface area (TPSA) is 77.8 Å². The predicted octanol–water partition coefficient (Wildman–Crippen LogP) is -1.58. The first-order valence-electron chi connectivity index (χ1n) is 0.783. The normalized spacial score (nSPS) is 8.43. The van der Waals surface area contributed by atoms with Crippen molar-refractivity contribution in [3.8, 4) is 0 Å². The monoisotopic (exact) mass is 193 g/mol. The van der Waals surface area contributed by atoms with E-state index in [1.165, 1.54) is 0 Å². The maximum Gasteiger partial charge on any atom is 0 e. The van der Waals surface area contributed by atoms with Crippen LogP contribution in [0.5, 0.6) is 0 Å². The van der Waals surface area contributed by atoms with E-state index in [9.17, 15) is 0 Å². The zero-order valence-corrected chi connectivity index (χ0v) is 4.65. The third-order valence-electron chi connectivity index (χ3n) is 0. The first kappa shape index (κ1) is 16.1. The van der Waals surface area contributed by atoms with Gasteiger partial charge in [0.2, 0.25) is 0 Å². The molecule has 0 amide bonds. The number of rotatable bonds is 0. The second kappa shape index (κ2) is 6.39. The minimum Gasteiger partial charge on any atom is 0 e. The maximum atomic E-state index is 8.88. The van der Waals surface area contributed by atoms with Gasteiger partial charge in [-0.3, -0.25) is 0 Å². The largest absolute Gasteiger partial charge is 0 e.